The van der Waals surface area contributed by atoms with Crippen molar-refractivity contribution in [1.29, 1.82) is 0 Å². The molecule has 0 fully saturated rings. The third kappa shape index (κ3) is 4.26. The lowest BCUT2D eigenvalue weighted by atomic mass is 10.2. The number of furan rings is 1. The van der Waals surface area contributed by atoms with Gasteiger partial charge in [-0.25, -0.2) is 0 Å². The Bertz CT molecular complexity index is 327. The van der Waals surface area contributed by atoms with Crippen molar-refractivity contribution in [1.82, 2.24) is 5.32 Å². The molecule has 0 bridgehead atoms. The summed E-state index contributed by atoms with van der Waals surface area (Å²) in [7, 11) is 0. The molecule has 5 heteroatoms. The van der Waals surface area contributed by atoms with E-state index in [9.17, 15) is 4.79 Å². The highest BCUT2D eigenvalue weighted by Gasteiger charge is 2.10. The van der Waals surface area contributed by atoms with Crippen LogP contribution < -0.4 is 5.32 Å². The Morgan fingerprint density at radius 3 is 2.93 bits per heavy atom. The molecule has 1 atom stereocenters. The third-order valence-corrected chi connectivity index (χ3v) is 2.94. The Morgan fingerprint density at radius 2 is 2.40 bits per heavy atom. The van der Waals surface area contributed by atoms with Gasteiger partial charge in [-0.3, -0.25) is 4.79 Å². The summed E-state index contributed by atoms with van der Waals surface area (Å²) in [5.74, 6) is 0.102. The molecule has 15 heavy (non-hydrogen) atoms. The van der Waals surface area contributed by atoms with Crippen molar-refractivity contribution in [2.75, 3.05) is 6.54 Å². The average Bonchev–Trinajstić information content (AvgIpc) is 2.64. The zero-order chi connectivity index (χ0) is 11.3. The average molecular weight is 295 g/mol. The van der Waals surface area contributed by atoms with Gasteiger partial charge in [0.1, 0.15) is 0 Å². The molecule has 1 N–H and O–H groups in total. The summed E-state index contributed by atoms with van der Waals surface area (Å²) in [6.45, 7) is 2.59. The molecule has 0 aliphatic heterocycles. The number of alkyl halides is 1. The van der Waals surface area contributed by atoms with Crippen molar-refractivity contribution >= 4 is 33.4 Å². The minimum atomic E-state index is -0.208. The maximum absolute atomic E-state index is 11.5. The molecule has 1 heterocycles. The molecule has 0 aliphatic rings. The fraction of sp³-hybridized carbons (Fsp3) is 0.500. The summed E-state index contributed by atoms with van der Waals surface area (Å²) in [4.78, 5) is 11.5. The van der Waals surface area contributed by atoms with Gasteiger partial charge in [0.05, 0.1) is 0 Å². The van der Waals surface area contributed by atoms with E-state index < -0.39 is 0 Å². The number of hydrogen-bond acceptors (Lipinski definition) is 2. The van der Waals surface area contributed by atoms with E-state index in [1.807, 2.05) is 6.92 Å². The van der Waals surface area contributed by atoms with Crippen LogP contribution in [0.4, 0.5) is 0 Å². The van der Waals surface area contributed by atoms with Crippen molar-refractivity contribution < 1.29 is 9.21 Å². The minimum absolute atomic E-state index is 0.119. The molecule has 0 aromatic carbocycles. The van der Waals surface area contributed by atoms with E-state index in [-0.39, 0.29) is 11.3 Å². The number of carbonyl (C=O) groups excluding carboxylic acids is 1. The van der Waals surface area contributed by atoms with Gasteiger partial charge < -0.3 is 9.73 Å². The van der Waals surface area contributed by atoms with Gasteiger partial charge in [-0.2, -0.15) is 0 Å². The molecule has 0 radical (unpaired) electrons. The number of amides is 1. The summed E-state index contributed by atoms with van der Waals surface area (Å²) in [6.07, 6.45) is 1.68. The van der Waals surface area contributed by atoms with Crippen molar-refractivity contribution in [2.24, 2.45) is 0 Å². The van der Waals surface area contributed by atoms with Crippen molar-refractivity contribution in [2.45, 2.75) is 25.1 Å². The van der Waals surface area contributed by atoms with Crippen molar-refractivity contribution in [3.8, 4) is 0 Å². The highest BCUT2D eigenvalue weighted by molar-refractivity contribution is 9.10. The number of carbonyl (C=O) groups is 1. The second-order valence-electron chi connectivity index (χ2n) is 3.15. The molecule has 0 saturated heterocycles. The minimum Gasteiger partial charge on any atom is -0.444 e. The van der Waals surface area contributed by atoms with Gasteiger partial charge in [0, 0.05) is 11.9 Å². The zero-order valence-corrected chi connectivity index (χ0v) is 10.8. The lowest BCUT2D eigenvalue weighted by molar-refractivity contribution is 0.0924. The summed E-state index contributed by atoms with van der Waals surface area (Å²) in [5, 5.41) is 2.86. The van der Waals surface area contributed by atoms with Gasteiger partial charge in [0.15, 0.2) is 10.4 Å². The van der Waals surface area contributed by atoms with Gasteiger partial charge in [-0.1, -0.05) is 6.92 Å². The van der Waals surface area contributed by atoms with Crippen LogP contribution in [0.15, 0.2) is 21.2 Å². The molecule has 1 aromatic rings. The summed E-state index contributed by atoms with van der Waals surface area (Å²) >= 11 is 9.05. The van der Waals surface area contributed by atoms with Gasteiger partial charge in [0.2, 0.25) is 0 Å². The number of nitrogens with one attached hydrogen (secondary N) is 1. The Kier molecular flexibility index (Phi) is 5.19. The maximum atomic E-state index is 11.5. The first-order valence-electron chi connectivity index (χ1n) is 4.81. The molecule has 1 rings (SSSR count). The Hall–Kier alpha value is -0.480. The van der Waals surface area contributed by atoms with Crippen LogP contribution in [0, 0.1) is 0 Å². The van der Waals surface area contributed by atoms with Crippen LogP contribution in [-0.2, 0) is 0 Å². The van der Waals surface area contributed by atoms with Crippen LogP contribution in [0.2, 0.25) is 0 Å². The molecule has 1 amide bonds. The first-order chi connectivity index (χ1) is 7.13. The molecule has 3 nitrogen and oxygen atoms in total. The molecule has 0 aliphatic carbocycles. The number of rotatable bonds is 5. The smallest absolute Gasteiger partial charge is 0.287 e. The molecule has 1 aromatic heterocycles. The van der Waals surface area contributed by atoms with E-state index in [4.69, 9.17) is 16.0 Å². The molecule has 0 spiro atoms. The summed E-state index contributed by atoms with van der Waals surface area (Å²) in [6, 6.07) is 3.31. The largest absolute Gasteiger partial charge is 0.444 e. The molecular weight excluding hydrogens is 281 g/mol. The van der Waals surface area contributed by atoms with E-state index >= 15 is 0 Å². The maximum Gasteiger partial charge on any atom is 0.287 e. The van der Waals surface area contributed by atoms with Crippen LogP contribution in [0.25, 0.3) is 0 Å². The highest BCUT2D eigenvalue weighted by Crippen LogP contribution is 2.13. The second-order valence-corrected chi connectivity index (χ2v) is 4.55. The van der Waals surface area contributed by atoms with Gasteiger partial charge in [-0.15, -0.1) is 11.6 Å². The third-order valence-electron chi connectivity index (χ3n) is 1.98. The molecule has 84 valence electrons. The molecule has 0 saturated carbocycles. The summed E-state index contributed by atoms with van der Waals surface area (Å²) in [5.41, 5.74) is 0. The van der Waals surface area contributed by atoms with E-state index in [2.05, 4.69) is 21.2 Å². The fourth-order valence-electron chi connectivity index (χ4n) is 1.07. The number of hydrogen-bond donors (Lipinski definition) is 1. The fourth-order valence-corrected chi connectivity index (χ4v) is 1.49. The molecule has 1 unspecified atom stereocenters. The normalized spacial score (nSPS) is 12.5. The SMILES string of the molecule is CCC(Cl)CCNC(=O)c1ccc(Br)o1. The van der Waals surface area contributed by atoms with E-state index in [0.29, 0.717) is 17.0 Å². The lowest BCUT2D eigenvalue weighted by Crippen LogP contribution is -2.25. The quantitative estimate of drug-likeness (QED) is 0.848. The van der Waals surface area contributed by atoms with Gasteiger partial charge in [0.25, 0.3) is 5.91 Å². The standard InChI is InChI=1S/C10H13BrClNO2/c1-2-7(12)5-6-13-10(14)8-3-4-9(11)15-8/h3-4,7H,2,5-6H2,1H3,(H,13,14). The topological polar surface area (TPSA) is 42.2 Å². The van der Waals surface area contributed by atoms with E-state index in [0.717, 1.165) is 12.8 Å². The van der Waals surface area contributed by atoms with E-state index in [1.165, 1.54) is 0 Å². The van der Waals surface area contributed by atoms with Crippen molar-refractivity contribution in [3.05, 3.63) is 22.6 Å². The predicted molar refractivity (Wildman–Crippen MR) is 63.3 cm³/mol. The summed E-state index contributed by atoms with van der Waals surface area (Å²) < 4.78 is 5.65. The zero-order valence-electron chi connectivity index (χ0n) is 8.43. The highest BCUT2D eigenvalue weighted by atomic mass is 79.9. The van der Waals surface area contributed by atoms with Crippen LogP contribution in [0.3, 0.4) is 0 Å². The Morgan fingerprint density at radius 1 is 1.67 bits per heavy atom. The van der Waals surface area contributed by atoms with Crippen LogP contribution in [0.1, 0.15) is 30.3 Å². The molecular formula is C10H13BrClNO2. The number of halogens is 2. The van der Waals surface area contributed by atoms with Gasteiger partial charge >= 0.3 is 0 Å². The van der Waals surface area contributed by atoms with Crippen molar-refractivity contribution in [3.63, 3.8) is 0 Å². The van der Waals surface area contributed by atoms with Crippen LogP contribution in [-0.4, -0.2) is 17.8 Å². The first kappa shape index (κ1) is 12.6. The monoisotopic (exact) mass is 293 g/mol. The van der Waals surface area contributed by atoms with Crippen LogP contribution in [0.5, 0.6) is 0 Å². The first-order valence-corrected chi connectivity index (χ1v) is 6.04. The van der Waals surface area contributed by atoms with Gasteiger partial charge in [-0.05, 0) is 40.9 Å². The Labute approximate surface area is 102 Å². The van der Waals surface area contributed by atoms with Crippen LogP contribution >= 0.6 is 27.5 Å². The van der Waals surface area contributed by atoms with E-state index in [1.54, 1.807) is 12.1 Å². The second kappa shape index (κ2) is 6.18. The lowest BCUT2D eigenvalue weighted by Gasteiger charge is -2.06. The Balaban J connectivity index is 2.31. The predicted octanol–water partition coefficient (Wildman–Crippen LogP) is 3.18.